The molecule has 15 heavy (non-hydrogen) atoms. The quantitative estimate of drug-likeness (QED) is 0.414. The molecular formula is C10H22N3O2-. The zero-order valence-corrected chi connectivity index (χ0v) is 10.6. The first-order valence-electron chi connectivity index (χ1n) is 5.10. The van der Waals surface area contributed by atoms with E-state index >= 15 is 0 Å². The lowest BCUT2D eigenvalue weighted by atomic mass is 9.93. The van der Waals surface area contributed by atoms with Crippen LogP contribution in [0.4, 0.5) is 0 Å². The van der Waals surface area contributed by atoms with E-state index < -0.39 is 0 Å². The second-order valence-electron chi connectivity index (χ2n) is 6.28. The van der Waals surface area contributed by atoms with Crippen LogP contribution in [-0.2, 0) is 0 Å². The Morgan fingerprint density at radius 1 is 1.00 bits per heavy atom. The van der Waals surface area contributed by atoms with E-state index in [-0.39, 0.29) is 15.8 Å². The molecule has 0 saturated heterocycles. The fourth-order valence-corrected chi connectivity index (χ4v) is 1.32. The summed E-state index contributed by atoms with van der Waals surface area (Å²) in [5.41, 5.74) is -0.0861. The summed E-state index contributed by atoms with van der Waals surface area (Å²) in [6.07, 6.45) is 0. The van der Waals surface area contributed by atoms with Crippen molar-refractivity contribution in [2.45, 2.75) is 41.5 Å². The second kappa shape index (κ2) is 4.68. The number of hydrogen-bond acceptors (Lipinski definition) is 3. The van der Waals surface area contributed by atoms with Gasteiger partial charge in [-0.25, -0.2) is 0 Å². The Bertz CT molecular complexity index is 210. The fourth-order valence-electron chi connectivity index (χ4n) is 1.32. The van der Waals surface area contributed by atoms with Crippen LogP contribution < -0.4 is 0 Å². The SMILES string of the molecule is CC(C)(C)CN(CC(C)(C)C)/[N+]([O-])=N/[O-]. The minimum absolute atomic E-state index is 0.0431. The molecule has 0 amide bonds. The Morgan fingerprint density at radius 3 is 1.53 bits per heavy atom. The van der Waals surface area contributed by atoms with Gasteiger partial charge in [0.1, 0.15) is 0 Å². The molecule has 0 aliphatic heterocycles. The zero-order valence-electron chi connectivity index (χ0n) is 10.6. The van der Waals surface area contributed by atoms with Crippen molar-refractivity contribution in [1.29, 1.82) is 0 Å². The summed E-state index contributed by atoms with van der Waals surface area (Å²) >= 11 is 0. The van der Waals surface area contributed by atoms with Crippen LogP contribution in [0, 0.1) is 21.2 Å². The van der Waals surface area contributed by atoms with E-state index in [1.165, 1.54) is 5.01 Å². The summed E-state index contributed by atoms with van der Waals surface area (Å²) in [4.78, 5) is 0.149. The standard InChI is InChI=1S/C10H23N3O2/c1-9(2,3)7-12(13(15)11-14)8-10(4,5)6/h14H,7-8H2,1-6H3/p-1/b13-11-. The largest absolute Gasteiger partial charge is 0.737 e. The summed E-state index contributed by atoms with van der Waals surface area (Å²) < 4.78 is 0. The van der Waals surface area contributed by atoms with Crippen molar-refractivity contribution in [1.82, 2.24) is 5.01 Å². The molecule has 0 bridgehead atoms. The summed E-state index contributed by atoms with van der Waals surface area (Å²) in [7, 11) is 0. The van der Waals surface area contributed by atoms with E-state index in [2.05, 4.69) is 5.28 Å². The van der Waals surface area contributed by atoms with E-state index in [1.807, 2.05) is 41.5 Å². The smallest absolute Gasteiger partial charge is 0.0816 e. The highest BCUT2D eigenvalue weighted by Gasteiger charge is 2.26. The average molecular weight is 216 g/mol. The van der Waals surface area contributed by atoms with Gasteiger partial charge in [-0.15, -0.1) is 5.01 Å². The molecule has 0 N–H and O–H groups in total. The molecule has 0 aromatic heterocycles. The Kier molecular flexibility index (Phi) is 4.37. The molecule has 5 heteroatoms. The van der Waals surface area contributed by atoms with Crippen molar-refractivity contribution in [3.8, 4) is 0 Å². The predicted molar refractivity (Wildman–Crippen MR) is 59.9 cm³/mol. The van der Waals surface area contributed by atoms with Crippen molar-refractivity contribution < 1.29 is 4.97 Å². The first-order valence-corrected chi connectivity index (χ1v) is 5.10. The van der Waals surface area contributed by atoms with Crippen LogP contribution >= 0.6 is 0 Å². The van der Waals surface area contributed by atoms with Gasteiger partial charge in [0, 0.05) is 4.97 Å². The first kappa shape index (κ1) is 14.0. The molecule has 0 unspecified atom stereocenters. The third-order valence-electron chi connectivity index (χ3n) is 1.63. The van der Waals surface area contributed by atoms with Gasteiger partial charge in [0.15, 0.2) is 0 Å². The summed E-state index contributed by atoms with van der Waals surface area (Å²) in [5, 5.41) is 25.3. The Morgan fingerprint density at radius 2 is 1.33 bits per heavy atom. The van der Waals surface area contributed by atoms with Gasteiger partial charge in [0.05, 0.1) is 13.1 Å². The lowest BCUT2D eigenvalue weighted by Gasteiger charge is -2.31. The zero-order chi connectivity index (χ0) is 12.3. The summed E-state index contributed by atoms with van der Waals surface area (Å²) in [5.74, 6) is 0. The maximum Gasteiger partial charge on any atom is 0.0816 e. The lowest BCUT2D eigenvalue weighted by Crippen LogP contribution is -2.42. The minimum atomic E-state index is -0.0431. The topological polar surface area (TPSA) is 64.7 Å². The molecule has 90 valence electrons. The molecule has 0 rings (SSSR count). The first-order chi connectivity index (χ1) is 6.55. The molecule has 0 aliphatic rings. The van der Waals surface area contributed by atoms with Crippen LogP contribution in [0.3, 0.4) is 0 Å². The molecule has 0 aliphatic carbocycles. The number of hydrogen-bond donors (Lipinski definition) is 0. The maximum absolute atomic E-state index is 11.2. The van der Waals surface area contributed by atoms with Crippen LogP contribution in [0.1, 0.15) is 41.5 Å². The Balaban J connectivity index is 4.61. The van der Waals surface area contributed by atoms with Gasteiger partial charge in [-0.05, 0) is 16.1 Å². The van der Waals surface area contributed by atoms with E-state index in [1.54, 1.807) is 0 Å². The van der Waals surface area contributed by atoms with Gasteiger partial charge in [0.25, 0.3) is 0 Å². The minimum Gasteiger partial charge on any atom is -0.737 e. The van der Waals surface area contributed by atoms with Gasteiger partial charge in [-0.3, -0.25) is 0 Å². The van der Waals surface area contributed by atoms with Crippen molar-refractivity contribution in [3.05, 3.63) is 10.4 Å². The van der Waals surface area contributed by atoms with Gasteiger partial charge < -0.3 is 10.4 Å². The van der Waals surface area contributed by atoms with Crippen LogP contribution in [0.5, 0.6) is 0 Å². The molecule has 0 aromatic carbocycles. The predicted octanol–water partition coefficient (Wildman–Crippen LogP) is 2.76. The van der Waals surface area contributed by atoms with Gasteiger partial charge in [0.2, 0.25) is 0 Å². The summed E-state index contributed by atoms with van der Waals surface area (Å²) in [6, 6.07) is 0. The van der Waals surface area contributed by atoms with E-state index in [0.717, 1.165) is 0 Å². The van der Waals surface area contributed by atoms with Crippen LogP contribution in [0.15, 0.2) is 5.28 Å². The monoisotopic (exact) mass is 216 g/mol. The van der Waals surface area contributed by atoms with Gasteiger partial charge in [-0.1, -0.05) is 41.5 Å². The lowest BCUT2D eigenvalue weighted by molar-refractivity contribution is -0.695. The van der Waals surface area contributed by atoms with Crippen molar-refractivity contribution in [2.24, 2.45) is 16.1 Å². The van der Waals surface area contributed by atoms with Crippen LogP contribution in [0.2, 0.25) is 0 Å². The molecule has 5 nitrogen and oxygen atoms in total. The van der Waals surface area contributed by atoms with E-state index in [9.17, 15) is 10.4 Å². The third-order valence-corrected chi connectivity index (χ3v) is 1.63. The number of rotatable bonds is 3. The highest BCUT2D eigenvalue weighted by Crippen LogP contribution is 2.20. The average Bonchev–Trinajstić information content (AvgIpc) is 1.96. The van der Waals surface area contributed by atoms with E-state index in [4.69, 9.17) is 0 Å². The number of hydrazine groups is 1. The Labute approximate surface area is 91.9 Å². The molecule has 0 atom stereocenters. The Hall–Kier alpha value is -1.00. The maximum atomic E-state index is 11.2. The molecule has 0 heterocycles. The van der Waals surface area contributed by atoms with Crippen molar-refractivity contribution in [2.75, 3.05) is 13.1 Å². The second-order valence-corrected chi connectivity index (χ2v) is 6.28. The number of nitrogens with zero attached hydrogens (tertiary/aromatic N) is 3. The van der Waals surface area contributed by atoms with Crippen LogP contribution in [0.25, 0.3) is 0 Å². The fraction of sp³-hybridized carbons (Fsp3) is 1.00. The third kappa shape index (κ3) is 6.99. The highest BCUT2D eigenvalue weighted by molar-refractivity contribution is 4.69. The highest BCUT2D eigenvalue weighted by atomic mass is 16.6. The molecule has 0 spiro atoms. The normalized spacial score (nSPS) is 14.1. The molecule has 0 radical (unpaired) electrons. The van der Waals surface area contributed by atoms with Crippen molar-refractivity contribution in [3.63, 3.8) is 0 Å². The molecule has 0 saturated carbocycles. The van der Waals surface area contributed by atoms with E-state index in [0.29, 0.717) is 13.1 Å². The van der Waals surface area contributed by atoms with Gasteiger partial charge >= 0.3 is 0 Å². The molecular weight excluding hydrogens is 194 g/mol. The van der Waals surface area contributed by atoms with Crippen molar-refractivity contribution >= 4 is 0 Å². The van der Waals surface area contributed by atoms with Gasteiger partial charge in [-0.2, -0.15) is 0 Å². The summed E-state index contributed by atoms with van der Waals surface area (Å²) in [6.45, 7) is 13.1. The molecule has 0 fully saturated rings. The molecule has 0 aromatic rings. The van der Waals surface area contributed by atoms with Crippen LogP contribution in [-0.4, -0.2) is 23.1 Å².